The molecule has 0 unspecified atom stereocenters. The highest BCUT2D eigenvalue weighted by Crippen LogP contribution is 2.14. The van der Waals surface area contributed by atoms with Crippen LogP contribution in [0.1, 0.15) is 36.8 Å². The molecule has 1 aromatic rings. The van der Waals surface area contributed by atoms with E-state index >= 15 is 0 Å². The lowest BCUT2D eigenvalue weighted by Crippen LogP contribution is -2.36. The van der Waals surface area contributed by atoms with Crippen LogP contribution in [0.25, 0.3) is 0 Å². The molecule has 0 aliphatic rings. The predicted molar refractivity (Wildman–Crippen MR) is 85.8 cm³/mol. The fourth-order valence-corrected chi connectivity index (χ4v) is 2.12. The maximum absolute atomic E-state index is 12.7. The number of nitrogens with zero attached hydrogens (tertiary/aromatic N) is 2. The van der Waals surface area contributed by atoms with Crippen LogP contribution < -0.4 is 5.32 Å². The maximum atomic E-state index is 12.7. The third-order valence-electron chi connectivity index (χ3n) is 3.18. The first kappa shape index (κ1) is 17.4. The van der Waals surface area contributed by atoms with Gasteiger partial charge in [-0.2, -0.15) is 0 Å². The Morgan fingerprint density at radius 3 is 2.67 bits per heavy atom. The highest BCUT2D eigenvalue weighted by atomic mass is 16.5. The van der Waals surface area contributed by atoms with Crippen LogP contribution in [0.5, 0.6) is 0 Å². The van der Waals surface area contributed by atoms with Gasteiger partial charge in [0, 0.05) is 38.5 Å². The SMILES string of the molecule is CCc1cc(C(=O)N(CCOC)CC(C)C)cc(NC)n1. The van der Waals surface area contributed by atoms with Crippen LogP contribution in [0.3, 0.4) is 0 Å². The Kier molecular flexibility index (Phi) is 7.15. The van der Waals surface area contributed by atoms with Crippen LogP contribution >= 0.6 is 0 Å². The molecule has 0 fully saturated rings. The van der Waals surface area contributed by atoms with Crippen LogP contribution in [0.2, 0.25) is 0 Å². The Morgan fingerprint density at radius 2 is 2.14 bits per heavy atom. The molecule has 0 aromatic carbocycles. The Hall–Kier alpha value is -1.62. The molecule has 118 valence electrons. The highest BCUT2D eigenvalue weighted by Gasteiger charge is 2.18. The van der Waals surface area contributed by atoms with Gasteiger partial charge >= 0.3 is 0 Å². The van der Waals surface area contributed by atoms with Crippen molar-refractivity contribution in [3.63, 3.8) is 0 Å². The Morgan fingerprint density at radius 1 is 1.43 bits per heavy atom. The van der Waals surface area contributed by atoms with Crippen molar-refractivity contribution in [2.45, 2.75) is 27.2 Å². The Bertz CT molecular complexity index is 439. The Balaban J connectivity index is 3.00. The van der Waals surface area contributed by atoms with Gasteiger partial charge in [0.1, 0.15) is 5.82 Å². The summed E-state index contributed by atoms with van der Waals surface area (Å²) in [4.78, 5) is 19.0. The predicted octanol–water partition coefficient (Wildman–Crippen LogP) is 2.43. The first-order valence-electron chi connectivity index (χ1n) is 7.48. The number of hydrogen-bond acceptors (Lipinski definition) is 4. The molecule has 5 heteroatoms. The van der Waals surface area contributed by atoms with Crippen molar-refractivity contribution in [1.82, 2.24) is 9.88 Å². The van der Waals surface area contributed by atoms with Crippen molar-refractivity contribution >= 4 is 11.7 Å². The average molecular weight is 293 g/mol. The van der Waals surface area contributed by atoms with Gasteiger partial charge in [0.25, 0.3) is 5.91 Å². The number of ether oxygens (including phenoxy) is 1. The molecular weight excluding hydrogens is 266 g/mol. The van der Waals surface area contributed by atoms with E-state index in [1.165, 1.54) is 0 Å². The number of amides is 1. The molecule has 1 aromatic heterocycles. The molecule has 0 radical (unpaired) electrons. The number of hydrogen-bond donors (Lipinski definition) is 1. The minimum atomic E-state index is 0.0364. The molecule has 21 heavy (non-hydrogen) atoms. The number of carbonyl (C=O) groups excluding carboxylic acids is 1. The van der Waals surface area contributed by atoms with Crippen molar-refractivity contribution in [2.24, 2.45) is 5.92 Å². The Labute approximate surface area is 127 Å². The summed E-state index contributed by atoms with van der Waals surface area (Å²) in [7, 11) is 3.46. The van der Waals surface area contributed by atoms with Crippen molar-refractivity contribution in [2.75, 3.05) is 39.2 Å². The molecule has 1 N–H and O–H groups in total. The van der Waals surface area contributed by atoms with Crippen LogP contribution in [-0.4, -0.2) is 49.6 Å². The summed E-state index contributed by atoms with van der Waals surface area (Å²) in [6.07, 6.45) is 0.804. The zero-order chi connectivity index (χ0) is 15.8. The van der Waals surface area contributed by atoms with E-state index in [0.717, 1.165) is 24.5 Å². The zero-order valence-electron chi connectivity index (χ0n) is 13.8. The van der Waals surface area contributed by atoms with E-state index in [-0.39, 0.29) is 5.91 Å². The summed E-state index contributed by atoms with van der Waals surface area (Å²) in [5.41, 5.74) is 1.60. The molecule has 0 spiro atoms. The van der Waals surface area contributed by atoms with Gasteiger partial charge in [-0.05, 0) is 24.5 Å². The second-order valence-electron chi connectivity index (χ2n) is 5.47. The van der Waals surface area contributed by atoms with E-state index in [9.17, 15) is 4.79 Å². The fraction of sp³-hybridized carbons (Fsp3) is 0.625. The summed E-state index contributed by atoms with van der Waals surface area (Å²) in [5, 5.41) is 3.01. The molecule has 0 aliphatic carbocycles. The van der Waals surface area contributed by atoms with Gasteiger partial charge in [0.2, 0.25) is 0 Å². The lowest BCUT2D eigenvalue weighted by molar-refractivity contribution is 0.0672. The number of methoxy groups -OCH3 is 1. The van der Waals surface area contributed by atoms with Crippen LogP contribution in [-0.2, 0) is 11.2 Å². The van der Waals surface area contributed by atoms with Crippen molar-refractivity contribution in [3.05, 3.63) is 23.4 Å². The van der Waals surface area contributed by atoms with E-state index in [0.29, 0.717) is 24.6 Å². The smallest absolute Gasteiger partial charge is 0.254 e. The lowest BCUT2D eigenvalue weighted by atomic mass is 10.1. The fourth-order valence-electron chi connectivity index (χ4n) is 2.12. The summed E-state index contributed by atoms with van der Waals surface area (Å²) < 4.78 is 5.11. The first-order chi connectivity index (χ1) is 10.0. The number of anilines is 1. The number of nitrogens with one attached hydrogen (secondary N) is 1. The number of aromatic nitrogens is 1. The summed E-state index contributed by atoms with van der Waals surface area (Å²) in [5.74, 6) is 1.19. The summed E-state index contributed by atoms with van der Waals surface area (Å²) in [6, 6.07) is 3.69. The normalized spacial score (nSPS) is 10.8. The average Bonchev–Trinajstić information content (AvgIpc) is 2.49. The van der Waals surface area contributed by atoms with Gasteiger partial charge in [-0.3, -0.25) is 4.79 Å². The molecule has 5 nitrogen and oxygen atoms in total. The third-order valence-corrected chi connectivity index (χ3v) is 3.18. The summed E-state index contributed by atoms with van der Waals surface area (Å²) >= 11 is 0. The van der Waals surface area contributed by atoms with Crippen molar-refractivity contribution < 1.29 is 9.53 Å². The molecule has 0 saturated carbocycles. The monoisotopic (exact) mass is 293 g/mol. The molecule has 0 bridgehead atoms. The first-order valence-corrected chi connectivity index (χ1v) is 7.48. The van der Waals surface area contributed by atoms with E-state index in [1.807, 2.05) is 31.0 Å². The zero-order valence-corrected chi connectivity index (χ0v) is 13.8. The van der Waals surface area contributed by atoms with E-state index in [4.69, 9.17) is 4.74 Å². The van der Waals surface area contributed by atoms with E-state index in [1.54, 1.807) is 7.11 Å². The minimum absolute atomic E-state index is 0.0364. The van der Waals surface area contributed by atoms with Crippen LogP contribution in [0, 0.1) is 5.92 Å². The molecular formula is C16H27N3O2. The lowest BCUT2D eigenvalue weighted by Gasteiger charge is -2.24. The van der Waals surface area contributed by atoms with Crippen LogP contribution in [0.15, 0.2) is 12.1 Å². The van der Waals surface area contributed by atoms with Crippen molar-refractivity contribution in [3.8, 4) is 0 Å². The molecule has 0 aliphatic heterocycles. The number of rotatable bonds is 8. The van der Waals surface area contributed by atoms with Gasteiger partial charge in [-0.1, -0.05) is 20.8 Å². The van der Waals surface area contributed by atoms with Gasteiger partial charge in [-0.15, -0.1) is 0 Å². The van der Waals surface area contributed by atoms with E-state index in [2.05, 4.69) is 24.1 Å². The van der Waals surface area contributed by atoms with Crippen molar-refractivity contribution in [1.29, 1.82) is 0 Å². The molecule has 0 saturated heterocycles. The number of pyridine rings is 1. The molecule has 1 rings (SSSR count). The quantitative estimate of drug-likeness (QED) is 0.800. The number of aryl methyl sites for hydroxylation is 1. The van der Waals surface area contributed by atoms with Gasteiger partial charge in [0.15, 0.2) is 0 Å². The molecule has 1 heterocycles. The number of carbonyl (C=O) groups is 1. The van der Waals surface area contributed by atoms with Crippen LogP contribution in [0.4, 0.5) is 5.82 Å². The molecule has 0 atom stereocenters. The largest absolute Gasteiger partial charge is 0.383 e. The van der Waals surface area contributed by atoms with Gasteiger partial charge in [-0.25, -0.2) is 4.98 Å². The highest BCUT2D eigenvalue weighted by molar-refractivity contribution is 5.95. The maximum Gasteiger partial charge on any atom is 0.254 e. The standard InChI is InChI=1S/C16H27N3O2/c1-6-14-9-13(10-15(17-4)18-14)16(20)19(7-8-21-5)11-12(2)3/h9-10,12H,6-8,11H2,1-5H3,(H,17,18). The second-order valence-corrected chi connectivity index (χ2v) is 5.47. The second kappa shape index (κ2) is 8.62. The van der Waals surface area contributed by atoms with Gasteiger partial charge in [0.05, 0.1) is 6.61 Å². The minimum Gasteiger partial charge on any atom is -0.383 e. The van der Waals surface area contributed by atoms with Gasteiger partial charge < -0.3 is 15.0 Å². The summed E-state index contributed by atoms with van der Waals surface area (Å²) in [6.45, 7) is 8.12. The van der Waals surface area contributed by atoms with E-state index < -0.39 is 0 Å². The third kappa shape index (κ3) is 5.34. The molecule has 1 amide bonds. The topological polar surface area (TPSA) is 54.5 Å².